The van der Waals surface area contributed by atoms with Crippen molar-refractivity contribution in [3.63, 3.8) is 0 Å². The number of aromatic nitrogens is 2. The Hall–Kier alpha value is -2.84. The average Bonchev–Trinajstić information content (AvgIpc) is 2.88. The largest absolute Gasteiger partial charge is 0.485 e. The van der Waals surface area contributed by atoms with Crippen molar-refractivity contribution >= 4 is 22.7 Å². The van der Waals surface area contributed by atoms with E-state index in [9.17, 15) is 14.9 Å². The van der Waals surface area contributed by atoms with Gasteiger partial charge in [-0.25, -0.2) is 4.79 Å². The zero-order valence-corrected chi connectivity index (χ0v) is 14.0. The Morgan fingerprint density at radius 2 is 2.17 bits per heavy atom. The molecular formula is C15H20N4O5. The number of benzene rings is 1. The number of rotatable bonds is 5. The van der Waals surface area contributed by atoms with Crippen molar-refractivity contribution in [2.45, 2.75) is 39.3 Å². The summed E-state index contributed by atoms with van der Waals surface area (Å²) in [5, 5.41) is 21.0. The van der Waals surface area contributed by atoms with Crippen LogP contribution in [0.4, 0.5) is 10.5 Å². The first-order valence-electron chi connectivity index (χ1n) is 7.39. The summed E-state index contributed by atoms with van der Waals surface area (Å²) in [5.74, 6) is 0.106. The molecule has 0 saturated carbocycles. The van der Waals surface area contributed by atoms with E-state index < -0.39 is 22.7 Å². The molecule has 0 radical (unpaired) electrons. The Labute approximate surface area is 138 Å². The van der Waals surface area contributed by atoms with Gasteiger partial charge in [0.25, 0.3) is 0 Å². The molecule has 2 rings (SSSR count). The van der Waals surface area contributed by atoms with Crippen molar-refractivity contribution < 1.29 is 19.2 Å². The highest BCUT2D eigenvalue weighted by Gasteiger charge is 2.20. The molecule has 24 heavy (non-hydrogen) atoms. The predicted molar refractivity (Wildman–Crippen MR) is 87.1 cm³/mol. The maximum Gasteiger partial charge on any atom is 0.407 e. The molecule has 0 saturated heterocycles. The minimum atomic E-state index is -0.602. The van der Waals surface area contributed by atoms with Crippen molar-refractivity contribution in [2.75, 3.05) is 6.61 Å². The van der Waals surface area contributed by atoms with Gasteiger partial charge in [0, 0.05) is 17.5 Å². The lowest BCUT2D eigenvalue weighted by Gasteiger charge is -2.22. The fourth-order valence-electron chi connectivity index (χ4n) is 1.98. The van der Waals surface area contributed by atoms with E-state index >= 15 is 0 Å². The molecule has 1 aromatic heterocycles. The molecule has 0 spiro atoms. The van der Waals surface area contributed by atoms with Gasteiger partial charge in [0.2, 0.25) is 0 Å². The van der Waals surface area contributed by atoms with Crippen LogP contribution in [0, 0.1) is 10.1 Å². The number of hydrogen-bond donors (Lipinski definition) is 2. The quantitative estimate of drug-likeness (QED) is 0.640. The molecule has 1 aromatic carbocycles. The molecule has 1 amide bonds. The van der Waals surface area contributed by atoms with Crippen LogP contribution in [-0.2, 0) is 4.74 Å². The molecule has 0 aliphatic rings. The molecule has 9 heteroatoms. The summed E-state index contributed by atoms with van der Waals surface area (Å²) in [5.41, 5.74) is -0.133. The number of carbonyl (C=O) groups excluding carboxylic acids is 1. The van der Waals surface area contributed by atoms with Crippen molar-refractivity contribution in [2.24, 2.45) is 0 Å². The summed E-state index contributed by atoms with van der Waals surface area (Å²) in [6.45, 7) is 7.05. The van der Waals surface area contributed by atoms with Crippen LogP contribution < -0.4 is 10.1 Å². The van der Waals surface area contributed by atoms with Gasteiger partial charge in [-0.1, -0.05) is 0 Å². The Morgan fingerprint density at radius 1 is 1.46 bits per heavy atom. The van der Waals surface area contributed by atoms with Crippen LogP contribution in [0.2, 0.25) is 0 Å². The van der Waals surface area contributed by atoms with E-state index in [4.69, 9.17) is 9.47 Å². The zero-order valence-electron chi connectivity index (χ0n) is 14.0. The van der Waals surface area contributed by atoms with E-state index in [1.54, 1.807) is 27.7 Å². The van der Waals surface area contributed by atoms with Crippen LogP contribution in [-0.4, -0.2) is 39.5 Å². The van der Waals surface area contributed by atoms with Crippen molar-refractivity contribution in [1.82, 2.24) is 15.5 Å². The Kier molecular flexibility index (Phi) is 4.91. The van der Waals surface area contributed by atoms with Crippen LogP contribution in [0.15, 0.2) is 18.3 Å². The molecule has 9 nitrogen and oxygen atoms in total. The average molecular weight is 336 g/mol. The monoisotopic (exact) mass is 336 g/mol. The summed E-state index contributed by atoms with van der Waals surface area (Å²) in [4.78, 5) is 22.3. The lowest BCUT2D eigenvalue weighted by atomic mass is 10.2. The summed E-state index contributed by atoms with van der Waals surface area (Å²) in [6, 6.07) is 2.51. The molecule has 0 aliphatic heterocycles. The van der Waals surface area contributed by atoms with Crippen LogP contribution in [0.25, 0.3) is 10.9 Å². The maximum atomic E-state index is 11.7. The molecule has 1 atom stereocenters. The second kappa shape index (κ2) is 6.73. The topological polar surface area (TPSA) is 119 Å². The number of ether oxygens (including phenoxy) is 2. The number of nitro benzene ring substituents is 1. The Bertz CT molecular complexity index is 750. The van der Waals surface area contributed by atoms with Gasteiger partial charge < -0.3 is 14.8 Å². The summed E-state index contributed by atoms with van der Waals surface area (Å²) in [7, 11) is 0. The lowest BCUT2D eigenvalue weighted by molar-refractivity contribution is -0.385. The predicted octanol–water partition coefficient (Wildman–Crippen LogP) is 2.76. The van der Waals surface area contributed by atoms with Gasteiger partial charge >= 0.3 is 11.8 Å². The SMILES string of the molecule is C[C@@H](COc1cc2[nH]ncc2cc1[N+](=O)[O-])NC(=O)OC(C)(C)C. The number of nitrogens with zero attached hydrogens (tertiary/aromatic N) is 2. The summed E-state index contributed by atoms with van der Waals surface area (Å²) in [6.07, 6.45) is 0.927. The highest BCUT2D eigenvalue weighted by atomic mass is 16.6. The third-order valence-corrected chi connectivity index (χ3v) is 2.97. The van der Waals surface area contributed by atoms with Crippen molar-refractivity contribution in [3.8, 4) is 5.75 Å². The van der Waals surface area contributed by atoms with E-state index in [-0.39, 0.29) is 18.0 Å². The summed E-state index contributed by atoms with van der Waals surface area (Å²) < 4.78 is 10.7. The third kappa shape index (κ3) is 4.58. The summed E-state index contributed by atoms with van der Waals surface area (Å²) >= 11 is 0. The highest BCUT2D eigenvalue weighted by Crippen LogP contribution is 2.31. The third-order valence-electron chi connectivity index (χ3n) is 2.97. The van der Waals surface area contributed by atoms with Gasteiger partial charge in [-0.15, -0.1) is 0 Å². The Morgan fingerprint density at radius 3 is 2.79 bits per heavy atom. The minimum Gasteiger partial charge on any atom is -0.485 e. The first-order valence-corrected chi connectivity index (χ1v) is 7.39. The van der Waals surface area contributed by atoms with Gasteiger partial charge in [-0.2, -0.15) is 5.10 Å². The molecule has 1 heterocycles. The first-order chi connectivity index (χ1) is 11.2. The van der Waals surface area contributed by atoms with Crippen molar-refractivity contribution in [3.05, 3.63) is 28.4 Å². The fraction of sp³-hybridized carbons (Fsp3) is 0.467. The smallest absolute Gasteiger partial charge is 0.407 e. The fourth-order valence-corrected chi connectivity index (χ4v) is 1.98. The van der Waals surface area contributed by atoms with E-state index in [0.717, 1.165) is 0 Å². The molecule has 130 valence electrons. The van der Waals surface area contributed by atoms with E-state index in [1.165, 1.54) is 18.3 Å². The molecule has 0 aliphatic carbocycles. The van der Waals surface area contributed by atoms with Crippen LogP contribution >= 0.6 is 0 Å². The van der Waals surface area contributed by atoms with Gasteiger partial charge in [0.15, 0.2) is 5.75 Å². The zero-order chi connectivity index (χ0) is 17.9. The normalized spacial score (nSPS) is 12.7. The molecule has 0 bridgehead atoms. The van der Waals surface area contributed by atoms with E-state index in [2.05, 4.69) is 15.5 Å². The van der Waals surface area contributed by atoms with Crippen LogP contribution in [0.1, 0.15) is 27.7 Å². The van der Waals surface area contributed by atoms with Gasteiger partial charge in [-0.3, -0.25) is 15.2 Å². The number of hydrogen-bond acceptors (Lipinski definition) is 6. The minimum absolute atomic E-state index is 0.0553. The number of aromatic amines is 1. The molecule has 2 N–H and O–H groups in total. The maximum absolute atomic E-state index is 11.7. The molecule has 0 unspecified atom stereocenters. The standard InChI is InChI=1S/C15H20N4O5/c1-9(17-14(20)24-15(2,3)4)8-23-13-6-11-10(7-16-18-11)5-12(13)19(21)22/h5-7,9H,8H2,1-4H3,(H,16,18)(H,17,20)/t9-/m0/s1. The number of amides is 1. The highest BCUT2D eigenvalue weighted by molar-refractivity contribution is 5.83. The second-order valence-corrected chi connectivity index (χ2v) is 6.39. The van der Waals surface area contributed by atoms with Gasteiger partial charge in [0.05, 0.1) is 22.7 Å². The molecule has 0 fully saturated rings. The van der Waals surface area contributed by atoms with Crippen LogP contribution in [0.5, 0.6) is 5.75 Å². The van der Waals surface area contributed by atoms with Crippen LogP contribution in [0.3, 0.4) is 0 Å². The second-order valence-electron chi connectivity index (χ2n) is 6.39. The number of nitrogens with one attached hydrogen (secondary N) is 2. The Balaban J connectivity index is 2.03. The number of H-pyrrole nitrogens is 1. The number of alkyl carbamates (subject to hydrolysis) is 1. The van der Waals surface area contributed by atoms with E-state index in [0.29, 0.717) is 10.9 Å². The lowest BCUT2D eigenvalue weighted by Crippen LogP contribution is -2.40. The van der Waals surface area contributed by atoms with Crippen molar-refractivity contribution in [1.29, 1.82) is 0 Å². The number of fused-ring (bicyclic) bond motifs is 1. The first kappa shape index (κ1) is 17.5. The van der Waals surface area contributed by atoms with E-state index in [1.807, 2.05) is 0 Å². The van der Waals surface area contributed by atoms with Gasteiger partial charge in [-0.05, 0) is 27.7 Å². The van der Waals surface area contributed by atoms with Gasteiger partial charge in [0.1, 0.15) is 12.2 Å². The number of nitro groups is 1. The number of carbonyl (C=O) groups is 1. The molecule has 2 aromatic rings. The molecular weight excluding hydrogens is 316 g/mol.